The number of carbonyl (C=O) groups is 1. The summed E-state index contributed by atoms with van der Waals surface area (Å²) in [7, 11) is 1.38. The highest BCUT2D eigenvalue weighted by molar-refractivity contribution is 5.79. The minimum absolute atomic E-state index is 0.227. The molecule has 1 fully saturated rings. The Hall–Kier alpha value is -0.650. The molecule has 1 rings (SSSR count). The molecule has 19 heavy (non-hydrogen) atoms. The van der Waals surface area contributed by atoms with E-state index < -0.39 is 5.54 Å². The molecule has 4 unspecified atom stereocenters. The first-order valence-electron chi connectivity index (χ1n) is 7.06. The summed E-state index contributed by atoms with van der Waals surface area (Å²) in [5.74, 6) is -0.353. The minimum Gasteiger partial charge on any atom is -0.468 e. The van der Waals surface area contributed by atoms with Gasteiger partial charge in [-0.2, -0.15) is 0 Å². The Balaban J connectivity index is 2.69. The summed E-state index contributed by atoms with van der Waals surface area (Å²) >= 11 is 0. The molecule has 4 atom stereocenters. The predicted octanol–water partition coefficient (Wildman–Crippen LogP) is 1.15. The molecule has 0 aromatic carbocycles. The molecule has 0 bridgehead atoms. The molecule has 1 heterocycles. The molecule has 5 nitrogen and oxygen atoms in total. The first-order valence-corrected chi connectivity index (χ1v) is 7.06. The SMILES string of the molecule is CCC1COC(C)CN1C(C)CC(C)(N)C(=O)OC. The Morgan fingerprint density at radius 3 is 2.79 bits per heavy atom. The van der Waals surface area contributed by atoms with E-state index in [4.69, 9.17) is 15.2 Å². The van der Waals surface area contributed by atoms with E-state index in [1.807, 2.05) is 0 Å². The summed E-state index contributed by atoms with van der Waals surface area (Å²) in [5, 5.41) is 0. The van der Waals surface area contributed by atoms with Crippen molar-refractivity contribution in [3.63, 3.8) is 0 Å². The number of rotatable bonds is 5. The zero-order chi connectivity index (χ0) is 14.6. The Kier molecular flexibility index (Phi) is 5.77. The molecular formula is C14H28N2O3. The van der Waals surface area contributed by atoms with Crippen molar-refractivity contribution in [2.24, 2.45) is 5.73 Å². The standard InChI is InChI=1S/C14H28N2O3/c1-6-12-9-19-11(3)8-16(12)10(2)7-14(4,15)13(17)18-5/h10-12H,6-9,15H2,1-5H3. The van der Waals surface area contributed by atoms with E-state index in [9.17, 15) is 4.79 Å². The van der Waals surface area contributed by atoms with Crippen LogP contribution in [-0.4, -0.2) is 54.9 Å². The zero-order valence-electron chi connectivity index (χ0n) is 12.8. The average Bonchev–Trinajstić information content (AvgIpc) is 2.37. The van der Waals surface area contributed by atoms with E-state index in [-0.39, 0.29) is 18.1 Å². The maximum absolute atomic E-state index is 11.7. The second-order valence-electron chi connectivity index (χ2n) is 5.87. The molecule has 1 aliphatic heterocycles. The van der Waals surface area contributed by atoms with Gasteiger partial charge in [-0.1, -0.05) is 6.92 Å². The van der Waals surface area contributed by atoms with Crippen LogP contribution < -0.4 is 5.73 Å². The second kappa shape index (κ2) is 6.68. The van der Waals surface area contributed by atoms with Crippen molar-refractivity contribution in [1.82, 2.24) is 4.90 Å². The minimum atomic E-state index is -0.937. The molecule has 0 radical (unpaired) electrons. The van der Waals surface area contributed by atoms with Crippen molar-refractivity contribution in [3.8, 4) is 0 Å². The van der Waals surface area contributed by atoms with Crippen molar-refractivity contribution in [1.29, 1.82) is 0 Å². The summed E-state index contributed by atoms with van der Waals surface area (Å²) < 4.78 is 10.5. The van der Waals surface area contributed by atoms with Gasteiger partial charge in [-0.25, -0.2) is 0 Å². The summed E-state index contributed by atoms with van der Waals surface area (Å²) in [6.45, 7) is 9.73. The maximum Gasteiger partial charge on any atom is 0.325 e. The smallest absolute Gasteiger partial charge is 0.325 e. The number of esters is 1. The van der Waals surface area contributed by atoms with Gasteiger partial charge in [0.2, 0.25) is 0 Å². The van der Waals surface area contributed by atoms with E-state index in [2.05, 4.69) is 25.7 Å². The topological polar surface area (TPSA) is 64.8 Å². The number of nitrogens with zero attached hydrogens (tertiary/aromatic N) is 1. The fraction of sp³-hybridized carbons (Fsp3) is 0.929. The van der Waals surface area contributed by atoms with Crippen molar-refractivity contribution in [3.05, 3.63) is 0 Å². The number of hydrogen-bond donors (Lipinski definition) is 1. The predicted molar refractivity (Wildman–Crippen MR) is 74.9 cm³/mol. The van der Waals surface area contributed by atoms with Gasteiger partial charge in [0.05, 0.1) is 19.8 Å². The van der Waals surface area contributed by atoms with Crippen LogP contribution in [-0.2, 0) is 14.3 Å². The molecule has 0 amide bonds. The second-order valence-corrected chi connectivity index (χ2v) is 5.87. The lowest BCUT2D eigenvalue weighted by molar-refractivity contribution is -0.147. The normalized spacial score (nSPS) is 29.6. The van der Waals surface area contributed by atoms with Gasteiger partial charge in [-0.15, -0.1) is 0 Å². The summed E-state index contributed by atoms with van der Waals surface area (Å²) in [6.07, 6.45) is 1.85. The van der Waals surface area contributed by atoms with Crippen molar-refractivity contribution < 1.29 is 14.3 Å². The van der Waals surface area contributed by atoms with E-state index >= 15 is 0 Å². The Bertz CT molecular complexity index is 307. The molecule has 1 aliphatic rings. The quantitative estimate of drug-likeness (QED) is 0.761. The van der Waals surface area contributed by atoms with Crippen molar-refractivity contribution >= 4 is 5.97 Å². The summed E-state index contributed by atoms with van der Waals surface area (Å²) in [5.41, 5.74) is 5.13. The van der Waals surface area contributed by atoms with Crippen LogP contribution >= 0.6 is 0 Å². The lowest BCUT2D eigenvalue weighted by Crippen LogP contribution is -2.56. The fourth-order valence-electron chi connectivity index (χ4n) is 2.81. The Labute approximate surface area is 116 Å². The zero-order valence-corrected chi connectivity index (χ0v) is 12.8. The van der Waals surface area contributed by atoms with Gasteiger partial charge in [0.15, 0.2) is 0 Å². The molecule has 2 N–H and O–H groups in total. The third-order valence-electron chi connectivity index (χ3n) is 3.92. The summed E-state index contributed by atoms with van der Waals surface area (Å²) in [4.78, 5) is 14.1. The van der Waals surface area contributed by atoms with Gasteiger partial charge in [0, 0.05) is 18.6 Å². The molecule has 112 valence electrons. The van der Waals surface area contributed by atoms with Crippen LogP contribution in [0.1, 0.15) is 40.5 Å². The lowest BCUT2D eigenvalue weighted by Gasteiger charge is -2.43. The van der Waals surface area contributed by atoms with Crippen LogP contribution in [0.5, 0.6) is 0 Å². The van der Waals surface area contributed by atoms with Crippen molar-refractivity contribution in [2.45, 2.75) is 64.3 Å². The molecule has 0 aliphatic carbocycles. The lowest BCUT2D eigenvalue weighted by atomic mass is 9.92. The van der Waals surface area contributed by atoms with Crippen LogP contribution in [0.4, 0.5) is 0 Å². The summed E-state index contributed by atoms with van der Waals surface area (Å²) in [6, 6.07) is 0.630. The van der Waals surface area contributed by atoms with Gasteiger partial charge >= 0.3 is 5.97 Å². The monoisotopic (exact) mass is 272 g/mol. The number of ether oxygens (including phenoxy) is 2. The largest absolute Gasteiger partial charge is 0.468 e. The van der Waals surface area contributed by atoms with Crippen molar-refractivity contribution in [2.75, 3.05) is 20.3 Å². The molecule has 0 spiro atoms. The van der Waals surface area contributed by atoms with Gasteiger partial charge in [-0.3, -0.25) is 9.69 Å². The molecular weight excluding hydrogens is 244 g/mol. The number of nitrogens with two attached hydrogens (primary N) is 1. The van der Waals surface area contributed by atoms with Crippen LogP contribution in [0, 0.1) is 0 Å². The highest BCUT2D eigenvalue weighted by Crippen LogP contribution is 2.22. The number of hydrogen-bond acceptors (Lipinski definition) is 5. The number of carbonyl (C=O) groups excluding carboxylic acids is 1. The van der Waals surface area contributed by atoms with Crippen LogP contribution in [0.3, 0.4) is 0 Å². The average molecular weight is 272 g/mol. The van der Waals surface area contributed by atoms with E-state index in [0.717, 1.165) is 19.6 Å². The van der Waals surface area contributed by atoms with Gasteiger partial charge in [-0.05, 0) is 33.6 Å². The molecule has 5 heteroatoms. The first kappa shape index (κ1) is 16.4. The fourth-order valence-corrected chi connectivity index (χ4v) is 2.81. The maximum atomic E-state index is 11.7. The third kappa shape index (κ3) is 4.16. The van der Waals surface area contributed by atoms with Crippen LogP contribution in [0.15, 0.2) is 0 Å². The Morgan fingerprint density at radius 2 is 2.26 bits per heavy atom. The molecule has 0 aromatic rings. The highest BCUT2D eigenvalue weighted by atomic mass is 16.5. The number of morpholine rings is 1. The number of methoxy groups -OCH3 is 1. The first-order chi connectivity index (χ1) is 8.81. The Morgan fingerprint density at radius 1 is 1.63 bits per heavy atom. The van der Waals surface area contributed by atoms with E-state index in [0.29, 0.717) is 12.5 Å². The highest BCUT2D eigenvalue weighted by Gasteiger charge is 2.36. The molecule has 0 saturated carbocycles. The molecule has 0 aromatic heterocycles. The molecule has 1 saturated heterocycles. The third-order valence-corrected chi connectivity index (χ3v) is 3.92. The van der Waals surface area contributed by atoms with Gasteiger partial charge in [0.1, 0.15) is 5.54 Å². The van der Waals surface area contributed by atoms with Gasteiger partial charge < -0.3 is 15.2 Å². The van der Waals surface area contributed by atoms with E-state index in [1.54, 1.807) is 6.92 Å². The van der Waals surface area contributed by atoms with E-state index in [1.165, 1.54) is 7.11 Å². The van der Waals surface area contributed by atoms with Crippen LogP contribution in [0.2, 0.25) is 0 Å². The van der Waals surface area contributed by atoms with Gasteiger partial charge in [0.25, 0.3) is 0 Å². The van der Waals surface area contributed by atoms with Crippen LogP contribution in [0.25, 0.3) is 0 Å².